The Morgan fingerprint density at radius 1 is 1.00 bits per heavy atom. The average molecular weight is 315 g/mol. The summed E-state index contributed by atoms with van der Waals surface area (Å²) >= 11 is 0. The van der Waals surface area contributed by atoms with Gasteiger partial charge >= 0.3 is 0 Å². The first-order valence-corrected chi connectivity index (χ1v) is 7.02. The van der Waals surface area contributed by atoms with E-state index in [4.69, 9.17) is 5.11 Å². The number of carbonyl (C=O) groups excluding carboxylic acids is 3. The second-order valence-corrected chi connectivity index (χ2v) is 4.92. The van der Waals surface area contributed by atoms with Crippen molar-refractivity contribution in [1.82, 2.24) is 15.6 Å². The van der Waals surface area contributed by atoms with Crippen molar-refractivity contribution in [2.24, 2.45) is 0 Å². The molecular weight excluding hydrogens is 298 g/mol. The van der Waals surface area contributed by atoms with Crippen LogP contribution in [0.1, 0.15) is 38.1 Å². The summed E-state index contributed by atoms with van der Waals surface area (Å²) in [4.78, 5) is 37.5. The van der Waals surface area contributed by atoms with Crippen LogP contribution in [0.3, 0.4) is 0 Å². The number of hydrogen-bond acceptors (Lipinski definition) is 4. The fourth-order valence-corrected chi connectivity index (χ4v) is 1.89. The summed E-state index contributed by atoms with van der Waals surface area (Å²) in [5.41, 5.74) is 1.15. The van der Waals surface area contributed by atoms with E-state index in [1.54, 1.807) is 0 Å². The second kappa shape index (κ2) is 7.26. The Hall–Kier alpha value is -3.09. The summed E-state index contributed by atoms with van der Waals surface area (Å²) in [7, 11) is 0. The van der Waals surface area contributed by atoms with Gasteiger partial charge in [0, 0.05) is 30.4 Å². The summed E-state index contributed by atoms with van der Waals surface area (Å²) in [5, 5.41) is 14.4. The molecule has 120 valence electrons. The molecule has 1 aromatic carbocycles. The normalized spacial score (nSPS) is 10.1. The van der Waals surface area contributed by atoms with Crippen molar-refractivity contribution in [3.8, 4) is 5.75 Å². The molecule has 0 spiro atoms. The van der Waals surface area contributed by atoms with Crippen molar-refractivity contribution in [3.05, 3.63) is 53.3 Å². The Labute approximate surface area is 132 Å². The first-order valence-electron chi connectivity index (χ1n) is 7.02. The molecule has 0 fully saturated rings. The number of carbonyl (C=O) groups is 3. The van der Waals surface area contributed by atoms with Crippen LogP contribution in [-0.4, -0.2) is 40.8 Å². The Balaban J connectivity index is 1.76. The van der Waals surface area contributed by atoms with Crippen LogP contribution < -0.4 is 10.6 Å². The SMILES string of the molecule is CC(=O)c1c[nH]c(C(=O)NCCNC(=O)c2ccc(O)cc2)c1. The fraction of sp³-hybridized carbons (Fsp3) is 0.188. The third-order valence-electron chi connectivity index (χ3n) is 3.16. The highest BCUT2D eigenvalue weighted by Gasteiger charge is 2.10. The zero-order chi connectivity index (χ0) is 16.8. The number of Topliss-reactive ketones (excluding diaryl/α,β-unsaturated/α-hetero) is 1. The van der Waals surface area contributed by atoms with Gasteiger partial charge in [0.2, 0.25) is 0 Å². The van der Waals surface area contributed by atoms with E-state index in [-0.39, 0.29) is 36.4 Å². The van der Waals surface area contributed by atoms with E-state index in [0.29, 0.717) is 16.8 Å². The smallest absolute Gasteiger partial charge is 0.267 e. The maximum atomic E-state index is 11.8. The molecule has 1 aromatic heterocycles. The number of amides is 2. The lowest BCUT2D eigenvalue weighted by Gasteiger charge is -2.06. The molecule has 0 aliphatic rings. The number of rotatable bonds is 6. The van der Waals surface area contributed by atoms with E-state index in [1.807, 2.05) is 0 Å². The number of phenolic OH excluding ortho intramolecular Hbond substituents is 1. The molecule has 1 heterocycles. The van der Waals surface area contributed by atoms with Gasteiger partial charge in [0.25, 0.3) is 11.8 Å². The van der Waals surface area contributed by atoms with E-state index >= 15 is 0 Å². The highest BCUT2D eigenvalue weighted by atomic mass is 16.3. The lowest BCUT2D eigenvalue weighted by atomic mass is 10.2. The molecule has 2 rings (SSSR count). The molecule has 23 heavy (non-hydrogen) atoms. The third-order valence-corrected chi connectivity index (χ3v) is 3.16. The minimum atomic E-state index is -0.351. The van der Waals surface area contributed by atoms with Gasteiger partial charge in [-0.15, -0.1) is 0 Å². The summed E-state index contributed by atoms with van der Waals surface area (Å²) in [5.74, 6) is -0.680. The molecule has 0 bridgehead atoms. The predicted molar refractivity (Wildman–Crippen MR) is 83.6 cm³/mol. The average Bonchev–Trinajstić information content (AvgIpc) is 3.02. The summed E-state index contributed by atoms with van der Waals surface area (Å²) < 4.78 is 0. The number of aromatic hydroxyl groups is 1. The predicted octanol–water partition coefficient (Wildman–Crippen LogP) is 1.08. The van der Waals surface area contributed by atoms with Crippen LogP contribution in [0.15, 0.2) is 36.5 Å². The minimum absolute atomic E-state index is 0.0877. The number of aromatic nitrogens is 1. The van der Waals surface area contributed by atoms with Crippen LogP contribution in [0.5, 0.6) is 5.75 Å². The second-order valence-electron chi connectivity index (χ2n) is 4.92. The van der Waals surface area contributed by atoms with Crippen molar-refractivity contribution in [2.75, 3.05) is 13.1 Å². The molecular formula is C16H17N3O4. The standard InChI is InChI=1S/C16H17N3O4/c1-10(20)12-8-14(19-9-12)16(23)18-7-6-17-15(22)11-2-4-13(21)5-3-11/h2-5,8-9,19,21H,6-7H2,1H3,(H,17,22)(H,18,23). The van der Waals surface area contributed by atoms with Crippen molar-refractivity contribution in [3.63, 3.8) is 0 Å². The molecule has 0 saturated carbocycles. The molecule has 0 saturated heterocycles. The maximum absolute atomic E-state index is 11.8. The van der Waals surface area contributed by atoms with E-state index in [9.17, 15) is 14.4 Å². The van der Waals surface area contributed by atoms with Crippen molar-refractivity contribution in [2.45, 2.75) is 6.92 Å². The van der Waals surface area contributed by atoms with Crippen molar-refractivity contribution >= 4 is 17.6 Å². The van der Waals surface area contributed by atoms with Gasteiger partial charge in [-0.1, -0.05) is 0 Å². The van der Waals surface area contributed by atoms with E-state index in [2.05, 4.69) is 15.6 Å². The first kappa shape index (κ1) is 16.3. The highest BCUT2D eigenvalue weighted by molar-refractivity contribution is 5.99. The number of aromatic amines is 1. The van der Waals surface area contributed by atoms with Crippen LogP contribution >= 0.6 is 0 Å². The highest BCUT2D eigenvalue weighted by Crippen LogP contribution is 2.09. The summed E-state index contributed by atoms with van der Waals surface area (Å²) in [6, 6.07) is 7.34. The van der Waals surface area contributed by atoms with E-state index in [1.165, 1.54) is 43.5 Å². The van der Waals surface area contributed by atoms with Gasteiger partial charge in [-0.2, -0.15) is 0 Å². The van der Waals surface area contributed by atoms with Gasteiger partial charge in [-0.05, 0) is 37.3 Å². The molecule has 4 N–H and O–H groups in total. The number of hydrogen-bond donors (Lipinski definition) is 4. The topological polar surface area (TPSA) is 111 Å². The lowest BCUT2D eigenvalue weighted by molar-refractivity contribution is 0.0925. The number of phenols is 1. The molecule has 0 radical (unpaired) electrons. The summed E-state index contributed by atoms with van der Waals surface area (Å²) in [6.45, 7) is 1.92. The van der Waals surface area contributed by atoms with E-state index in [0.717, 1.165) is 0 Å². The monoisotopic (exact) mass is 315 g/mol. The summed E-state index contributed by atoms with van der Waals surface area (Å²) in [6.07, 6.45) is 1.48. The third kappa shape index (κ3) is 4.44. The molecule has 7 heteroatoms. The molecule has 0 atom stereocenters. The maximum Gasteiger partial charge on any atom is 0.267 e. The number of ketones is 1. The Bertz CT molecular complexity index is 719. The molecule has 7 nitrogen and oxygen atoms in total. The van der Waals surface area contributed by atoms with Gasteiger partial charge < -0.3 is 20.7 Å². The van der Waals surface area contributed by atoms with Crippen LogP contribution in [0, 0.1) is 0 Å². The zero-order valence-corrected chi connectivity index (χ0v) is 12.6. The fourth-order valence-electron chi connectivity index (χ4n) is 1.89. The van der Waals surface area contributed by atoms with Crippen molar-refractivity contribution < 1.29 is 19.5 Å². The molecule has 0 aliphatic heterocycles. The quantitative estimate of drug-likeness (QED) is 0.472. The van der Waals surface area contributed by atoms with Gasteiger partial charge in [0.05, 0.1) is 0 Å². The van der Waals surface area contributed by atoms with E-state index < -0.39 is 0 Å². The van der Waals surface area contributed by atoms with Crippen LogP contribution in [0.25, 0.3) is 0 Å². The van der Waals surface area contributed by atoms with Gasteiger partial charge in [0.15, 0.2) is 5.78 Å². The minimum Gasteiger partial charge on any atom is -0.508 e. The zero-order valence-electron chi connectivity index (χ0n) is 12.6. The number of nitrogens with one attached hydrogen (secondary N) is 3. The Morgan fingerprint density at radius 3 is 2.17 bits per heavy atom. The lowest BCUT2D eigenvalue weighted by Crippen LogP contribution is -2.34. The molecule has 2 amide bonds. The molecule has 2 aromatic rings. The van der Waals surface area contributed by atoms with Crippen LogP contribution in [0.4, 0.5) is 0 Å². The van der Waals surface area contributed by atoms with Crippen LogP contribution in [-0.2, 0) is 0 Å². The Kier molecular flexibility index (Phi) is 5.14. The van der Waals surface area contributed by atoms with Gasteiger partial charge in [-0.3, -0.25) is 14.4 Å². The van der Waals surface area contributed by atoms with Crippen LogP contribution in [0.2, 0.25) is 0 Å². The molecule has 0 unspecified atom stereocenters. The number of benzene rings is 1. The number of H-pyrrole nitrogens is 1. The largest absolute Gasteiger partial charge is 0.508 e. The van der Waals surface area contributed by atoms with Crippen molar-refractivity contribution in [1.29, 1.82) is 0 Å². The first-order chi connectivity index (χ1) is 11.0. The molecule has 0 aliphatic carbocycles. The van der Waals surface area contributed by atoms with Gasteiger partial charge in [0.1, 0.15) is 11.4 Å². The Morgan fingerprint density at radius 2 is 1.61 bits per heavy atom. The van der Waals surface area contributed by atoms with Gasteiger partial charge in [-0.25, -0.2) is 0 Å².